The summed E-state index contributed by atoms with van der Waals surface area (Å²) in [6.07, 6.45) is 3.55. The second-order valence-corrected chi connectivity index (χ2v) is 3.50. The smallest absolute Gasteiger partial charge is 0.178 e. The number of aromatic amines is 1. The highest BCUT2D eigenvalue weighted by atomic mass is 35.5. The number of pyridine rings is 1. The molecule has 0 aliphatic rings. The molecular formula is C7H6ClN3S. The summed E-state index contributed by atoms with van der Waals surface area (Å²) in [4.78, 5) is 11.4. The number of H-pyrrole nitrogens is 1. The predicted molar refractivity (Wildman–Crippen MR) is 50.7 cm³/mol. The molecule has 0 atom stereocenters. The van der Waals surface area contributed by atoms with Gasteiger partial charge in [0.2, 0.25) is 0 Å². The van der Waals surface area contributed by atoms with Crippen LogP contribution in [0.2, 0.25) is 5.02 Å². The number of thioether (sulfide) groups is 1. The minimum Gasteiger partial charge on any atom is -0.332 e. The first-order valence-corrected chi connectivity index (χ1v) is 4.95. The molecule has 2 aromatic heterocycles. The van der Waals surface area contributed by atoms with Crippen LogP contribution in [-0.2, 0) is 0 Å². The number of nitrogens with one attached hydrogen (secondary N) is 1. The Bertz CT molecular complexity index is 412. The topological polar surface area (TPSA) is 41.6 Å². The zero-order valence-corrected chi connectivity index (χ0v) is 7.91. The molecule has 0 unspecified atom stereocenters. The largest absolute Gasteiger partial charge is 0.332 e. The number of imidazole rings is 1. The second kappa shape index (κ2) is 2.95. The minimum absolute atomic E-state index is 0.624. The van der Waals surface area contributed by atoms with Crippen LogP contribution in [0.5, 0.6) is 0 Å². The van der Waals surface area contributed by atoms with Gasteiger partial charge >= 0.3 is 0 Å². The van der Waals surface area contributed by atoms with E-state index in [4.69, 9.17) is 11.6 Å². The van der Waals surface area contributed by atoms with Crippen molar-refractivity contribution in [1.29, 1.82) is 0 Å². The van der Waals surface area contributed by atoms with Crippen LogP contribution in [0.4, 0.5) is 0 Å². The number of aromatic nitrogens is 3. The lowest BCUT2D eigenvalue weighted by Crippen LogP contribution is -1.74. The highest BCUT2D eigenvalue weighted by Gasteiger charge is 2.02. The molecule has 2 aromatic rings. The molecule has 0 aromatic carbocycles. The molecule has 5 heteroatoms. The standard InChI is InChI=1S/C7H6ClN3S/c1-12-7-10-5-2-4(8)3-9-6(5)11-7/h2-3H,1H3,(H,9,10,11). The maximum absolute atomic E-state index is 5.75. The third kappa shape index (κ3) is 1.28. The Labute approximate surface area is 78.6 Å². The van der Waals surface area contributed by atoms with Crippen molar-refractivity contribution >= 4 is 34.5 Å². The molecule has 0 spiro atoms. The van der Waals surface area contributed by atoms with Crippen molar-refractivity contribution in [3.63, 3.8) is 0 Å². The summed E-state index contributed by atoms with van der Waals surface area (Å²) in [7, 11) is 0. The number of nitrogens with zero attached hydrogens (tertiary/aromatic N) is 2. The van der Waals surface area contributed by atoms with Gasteiger partial charge in [-0.15, -0.1) is 0 Å². The van der Waals surface area contributed by atoms with Crippen molar-refractivity contribution in [3.05, 3.63) is 17.3 Å². The van der Waals surface area contributed by atoms with Crippen molar-refractivity contribution in [2.24, 2.45) is 0 Å². The number of hydrogen-bond donors (Lipinski definition) is 1. The van der Waals surface area contributed by atoms with E-state index in [9.17, 15) is 0 Å². The van der Waals surface area contributed by atoms with Crippen molar-refractivity contribution in [1.82, 2.24) is 15.0 Å². The summed E-state index contributed by atoms with van der Waals surface area (Å²) >= 11 is 7.30. The molecule has 0 aliphatic carbocycles. The Kier molecular flexibility index (Phi) is 1.94. The Hall–Kier alpha value is -0.740. The molecule has 0 saturated heterocycles. The average Bonchev–Trinajstić information content (AvgIpc) is 2.46. The molecule has 62 valence electrons. The quantitative estimate of drug-likeness (QED) is 0.717. The third-order valence-corrected chi connectivity index (χ3v) is 2.26. The van der Waals surface area contributed by atoms with Gasteiger partial charge in [0.25, 0.3) is 0 Å². The SMILES string of the molecule is CSc1nc2ncc(Cl)cc2[nH]1. The Morgan fingerprint density at radius 1 is 1.58 bits per heavy atom. The Morgan fingerprint density at radius 2 is 2.42 bits per heavy atom. The van der Waals surface area contributed by atoms with Gasteiger partial charge in [0, 0.05) is 6.20 Å². The maximum atomic E-state index is 5.75. The van der Waals surface area contributed by atoms with Gasteiger partial charge in [-0.1, -0.05) is 23.4 Å². The molecule has 1 N–H and O–H groups in total. The molecular weight excluding hydrogens is 194 g/mol. The van der Waals surface area contributed by atoms with E-state index in [0.29, 0.717) is 10.7 Å². The van der Waals surface area contributed by atoms with Gasteiger partial charge in [-0.3, -0.25) is 0 Å². The maximum Gasteiger partial charge on any atom is 0.178 e. The van der Waals surface area contributed by atoms with Gasteiger partial charge in [-0.05, 0) is 12.3 Å². The average molecular weight is 200 g/mol. The van der Waals surface area contributed by atoms with E-state index in [-0.39, 0.29) is 0 Å². The molecule has 12 heavy (non-hydrogen) atoms. The van der Waals surface area contributed by atoms with E-state index in [1.54, 1.807) is 18.0 Å². The summed E-state index contributed by atoms with van der Waals surface area (Å²) < 4.78 is 0. The van der Waals surface area contributed by atoms with E-state index < -0.39 is 0 Å². The van der Waals surface area contributed by atoms with Gasteiger partial charge < -0.3 is 4.98 Å². The number of rotatable bonds is 1. The van der Waals surface area contributed by atoms with Crippen LogP contribution in [-0.4, -0.2) is 21.2 Å². The van der Waals surface area contributed by atoms with Crippen LogP contribution in [0.1, 0.15) is 0 Å². The Morgan fingerprint density at radius 3 is 3.17 bits per heavy atom. The van der Waals surface area contributed by atoms with Crippen LogP contribution in [0.3, 0.4) is 0 Å². The van der Waals surface area contributed by atoms with Crippen LogP contribution >= 0.6 is 23.4 Å². The Balaban J connectivity index is 2.67. The van der Waals surface area contributed by atoms with E-state index in [2.05, 4.69) is 15.0 Å². The fourth-order valence-electron chi connectivity index (χ4n) is 0.949. The normalized spacial score (nSPS) is 10.8. The highest BCUT2D eigenvalue weighted by Crippen LogP contribution is 2.18. The van der Waals surface area contributed by atoms with Gasteiger partial charge in [0.15, 0.2) is 10.8 Å². The lowest BCUT2D eigenvalue weighted by atomic mass is 10.4. The highest BCUT2D eigenvalue weighted by molar-refractivity contribution is 7.98. The first kappa shape index (κ1) is 7.89. The summed E-state index contributed by atoms with van der Waals surface area (Å²) in [5.74, 6) is 0. The molecule has 0 saturated carbocycles. The van der Waals surface area contributed by atoms with E-state index in [0.717, 1.165) is 10.7 Å². The van der Waals surface area contributed by atoms with Crippen molar-refractivity contribution < 1.29 is 0 Å². The predicted octanol–water partition coefficient (Wildman–Crippen LogP) is 2.33. The van der Waals surface area contributed by atoms with E-state index in [1.165, 1.54) is 0 Å². The lowest BCUT2D eigenvalue weighted by molar-refractivity contribution is 1.08. The molecule has 2 heterocycles. The zero-order valence-electron chi connectivity index (χ0n) is 6.34. The fraction of sp³-hybridized carbons (Fsp3) is 0.143. The molecule has 3 nitrogen and oxygen atoms in total. The van der Waals surface area contributed by atoms with Crippen LogP contribution in [0, 0.1) is 0 Å². The van der Waals surface area contributed by atoms with Gasteiger partial charge in [0.05, 0.1) is 10.5 Å². The minimum atomic E-state index is 0.624. The molecule has 0 amide bonds. The third-order valence-electron chi connectivity index (χ3n) is 1.48. The lowest BCUT2D eigenvalue weighted by Gasteiger charge is -1.86. The second-order valence-electron chi connectivity index (χ2n) is 2.27. The number of halogens is 1. The number of hydrogen-bond acceptors (Lipinski definition) is 3. The molecule has 2 rings (SSSR count). The zero-order chi connectivity index (χ0) is 8.55. The summed E-state index contributed by atoms with van der Waals surface area (Å²) in [6, 6.07) is 1.82. The van der Waals surface area contributed by atoms with Crippen LogP contribution in [0.15, 0.2) is 17.4 Å². The van der Waals surface area contributed by atoms with Gasteiger partial charge in [0.1, 0.15) is 0 Å². The van der Waals surface area contributed by atoms with Crippen molar-refractivity contribution in [2.45, 2.75) is 5.16 Å². The molecule has 0 fully saturated rings. The molecule has 0 bridgehead atoms. The monoisotopic (exact) mass is 199 g/mol. The summed E-state index contributed by atoms with van der Waals surface area (Å²) in [5, 5.41) is 1.48. The fourth-order valence-corrected chi connectivity index (χ4v) is 1.50. The van der Waals surface area contributed by atoms with E-state index in [1.807, 2.05) is 12.3 Å². The van der Waals surface area contributed by atoms with Crippen molar-refractivity contribution in [3.8, 4) is 0 Å². The summed E-state index contributed by atoms with van der Waals surface area (Å²) in [6.45, 7) is 0. The first-order chi connectivity index (χ1) is 5.79. The van der Waals surface area contributed by atoms with Crippen LogP contribution < -0.4 is 0 Å². The van der Waals surface area contributed by atoms with Crippen molar-refractivity contribution in [2.75, 3.05) is 6.26 Å². The molecule has 0 aliphatic heterocycles. The molecule has 0 radical (unpaired) electrons. The number of fused-ring (bicyclic) bond motifs is 1. The van der Waals surface area contributed by atoms with Gasteiger partial charge in [-0.25, -0.2) is 9.97 Å². The van der Waals surface area contributed by atoms with E-state index >= 15 is 0 Å². The summed E-state index contributed by atoms with van der Waals surface area (Å²) in [5.41, 5.74) is 1.59. The van der Waals surface area contributed by atoms with Gasteiger partial charge in [-0.2, -0.15) is 0 Å². The first-order valence-electron chi connectivity index (χ1n) is 3.35. The van der Waals surface area contributed by atoms with Crippen LogP contribution in [0.25, 0.3) is 11.2 Å².